The van der Waals surface area contributed by atoms with E-state index in [1.807, 2.05) is 13.8 Å². The first kappa shape index (κ1) is 18.4. The maximum Gasteiger partial charge on any atom is 0.134 e. The molecule has 2 nitrogen and oxygen atoms in total. The first-order valence-corrected chi connectivity index (χ1v) is 10.8. The van der Waals surface area contributed by atoms with Gasteiger partial charge in [0.1, 0.15) is 11.5 Å². The van der Waals surface area contributed by atoms with Crippen molar-refractivity contribution in [1.29, 1.82) is 0 Å². The van der Waals surface area contributed by atoms with Crippen LogP contribution in [0.3, 0.4) is 0 Å². The molecule has 5 heteroatoms. The molecule has 0 amide bonds. The van der Waals surface area contributed by atoms with Crippen LogP contribution in [0, 0.1) is 0 Å². The number of benzene rings is 2. The molecule has 0 bridgehead atoms. The van der Waals surface area contributed by atoms with E-state index < -0.39 is 0 Å². The molecule has 0 aliphatic rings. The van der Waals surface area contributed by atoms with Crippen LogP contribution in [0.4, 0.5) is 0 Å². The number of hydrogen-bond donors (Lipinski definition) is 0. The summed E-state index contributed by atoms with van der Waals surface area (Å²) in [7, 11) is 0. The lowest BCUT2D eigenvalue weighted by Gasteiger charge is -2.14. The monoisotopic (exact) mass is 366 g/mol. The highest BCUT2D eigenvalue weighted by atomic mass is 32.2. The van der Waals surface area contributed by atoms with Crippen LogP contribution in [-0.4, -0.2) is 25.7 Å². The Morgan fingerprint density at radius 2 is 1.17 bits per heavy atom. The predicted molar refractivity (Wildman–Crippen MR) is 103 cm³/mol. The molecule has 0 saturated carbocycles. The lowest BCUT2D eigenvalue weighted by atomic mass is 10.3. The second-order valence-corrected chi connectivity index (χ2v) is 7.44. The summed E-state index contributed by atoms with van der Waals surface area (Å²) in [5.41, 5.74) is 0. The minimum Gasteiger partial charge on any atom is -0.493 e. The van der Waals surface area contributed by atoms with Gasteiger partial charge in [-0.3, -0.25) is 0 Å². The number of thioether (sulfide) groups is 2. The largest absolute Gasteiger partial charge is 0.493 e. The molecule has 0 aromatic heterocycles. The van der Waals surface area contributed by atoms with E-state index in [0.717, 1.165) is 21.3 Å². The fourth-order valence-electron chi connectivity index (χ4n) is 2.05. The Morgan fingerprint density at radius 1 is 0.739 bits per heavy atom. The van der Waals surface area contributed by atoms with Gasteiger partial charge in [0.2, 0.25) is 0 Å². The summed E-state index contributed by atoms with van der Waals surface area (Å²) in [4.78, 5) is 4.64. The molecule has 0 N–H and O–H groups in total. The van der Waals surface area contributed by atoms with Gasteiger partial charge in [0, 0.05) is 9.79 Å². The van der Waals surface area contributed by atoms with Crippen molar-refractivity contribution in [3.63, 3.8) is 0 Å². The third-order valence-corrected chi connectivity index (χ3v) is 5.69. The molecule has 0 radical (unpaired) electrons. The second kappa shape index (κ2) is 9.40. The Bertz CT molecular complexity index is 589. The number of ether oxygens (including phenoxy) is 2. The van der Waals surface area contributed by atoms with Gasteiger partial charge in [-0.2, -0.15) is 0 Å². The summed E-state index contributed by atoms with van der Waals surface area (Å²) in [6, 6.07) is 12.7. The zero-order valence-corrected chi connectivity index (χ0v) is 16.4. The van der Waals surface area contributed by atoms with Crippen LogP contribution in [0.1, 0.15) is 13.8 Å². The molecule has 0 fully saturated rings. The highest BCUT2D eigenvalue weighted by Crippen LogP contribution is 2.42. The van der Waals surface area contributed by atoms with Crippen LogP contribution in [0.5, 0.6) is 11.5 Å². The van der Waals surface area contributed by atoms with Crippen molar-refractivity contribution < 1.29 is 9.47 Å². The molecule has 0 spiro atoms. The fourth-order valence-corrected chi connectivity index (χ4v) is 3.86. The highest BCUT2D eigenvalue weighted by Gasteiger charge is 2.11. The smallest absolute Gasteiger partial charge is 0.134 e. The molecule has 0 saturated heterocycles. The number of rotatable bonds is 8. The van der Waals surface area contributed by atoms with E-state index >= 15 is 0 Å². The molecule has 2 aromatic rings. The van der Waals surface area contributed by atoms with Crippen molar-refractivity contribution in [2.75, 3.05) is 25.7 Å². The Hall–Kier alpha value is -0.910. The number of hydrogen-bond acceptors (Lipinski definition) is 5. The Labute approximate surface area is 151 Å². The van der Waals surface area contributed by atoms with Crippen molar-refractivity contribution >= 4 is 35.3 Å². The van der Waals surface area contributed by atoms with E-state index in [-0.39, 0.29) is 0 Å². The lowest BCUT2D eigenvalue weighted by molar-refractivity contribution is 0.329. The van der Waals surface area contributed by atoms with Crippen LogP contribution >= 0.6 is 35.3 Å². The molecule has 0 unspecified atom stereocenters. The minimum atomic E-state index is 0.662. The molecule has 0 aliphatic carbocycles. The van der Waals surface area contributed by atoms with Gasteiger partial charge in [-0.05, 0) is 62.8 Å². The highest BCUT2D eigenvalue weighted by molar-refractivity contribution is 8.00. The van der Waals surface area contributed by atoms with E-state index in [0.29, 0.717) is 13.2 Å². The average molecular weight is 367 g/mol. The van der Waals surface area contributed by atoms with Gasteiger partial charge in [-0.1, -0.05) is 11.8 Å². The van der Waals surface area contributed by atoms with Gasteiger partial charge >= 0.3 is 0 Å². The van der Waals surface area contributed by atoms with E-state index in [1.165, 1.54) is 9.79 Å². The van der Waals surface area contributed by atoms with Gasteiger partial charge in [-0.15, -0.1) is 23.5 Å². The summed E-state index contributed by atoms with van der Waals surface area (Å²) in [5.74, 6) is 1.86. The van der Waals surface area contributed by atoms with Gasteiger partial charge < -0.3 is 9.47 Å². The zero-order chi connectivity index (χ0) is 16.7. The Kier molecular flexibility index (Phi) is 7.53. The van der Waals surface area contributed by atoms with Crippen LogP contribution in [0.25, 0.3) is 0 Å². The Balaban J connectivity index is 2.34. The van der Waals surface area contributed by atoms with Gasteiger partial charge in [0.15, 0.2) is 0 Å². The zero-order valence-electron chi connectivity index (χ0n) is 13.9. The molecule has 0 heterocycles. The van der Waals surface area contributed by atoms with Crippen molar-refractivity contribution in [3.05, 3.63) is 36.4 Å². The van der Waals surface area contributed by atoms with Crippen molar-refractivity contribution in [2.24, 2.45) is 0 Å². The normalized spacial score (nSPS) is 10.6. The predicted octanol–water partition coefficient (Wildman–Crippen LogP) is 6.08. The molecular weight excluding hydrogens is 344 g/mol. The van der Waals surface area contributed by atoms with E-state index in [9.17, 15) is 0 Å². The quantitative estimate of drug-likeness (QED) is 0.526. The van der Waals surface area contributed by atoms with Gasteiger partial charge in [0.05, 0.1) is 23.0 Å². The van der Waals surface area contributed by atoms with Gasteiger partial charge in [0.25, 0.3) is 0 Å². The molecule has 0 atom stereocenters. The third-order valence-electron chi connectivity index (χ3n) is 3.12. The molecule has 124 valence electrons. The van der Waals surface area contributed by atoms with Crippen LogP contribution in [0.15, 0.2) is 56.0 Å². The molecule has 2 rings (SSSR count). The standard InChI is InChI=1S/C18H22O2S3/c1-5-19-15-11-13(21-3)7-9-17(15)23-18-10-8-14(22-4)12-16(18)20-6-2/h7-12H,5-6H2,1-4H3. The lowest BCUT2D eigenvalue weighted by Crippen LogP contribution is -1.96. The first-order valence-electron chi connectivity index (χ1n) is 7.51. The molecule has 0 aliphatic heterocycles. The minimum absolute atomic E-state index is 0.662. The second-order valence-electron chi connectivity index (χ2n) is 4.59. The average Bonchev–Trinajstić information content (AvgIpc) is 2.58. The van der Waals surface area contributed by atoms with Crippen molar-refractivity contribution in [2.45, 2.75) is 33.4 Å². The summed E-state index contributed by atoms with van der Waals surface area (Å²) < 4.78 is 11.6. The molecule has 2 aromatic carbocycles. The Morgan fingerprint density at radius 3 is 1.52 bits per heavy atom. The van der Waals surface area contributed by atoms with E-state index in [4.69, 9.17) is 9.47 Å². The maximum atomic E-state index is 5.82. The summed E-state index contributed by atoms with van der Waals surface area (Å²) in [6.45, 7) is 5.35. The van der Waals surface area contributed by atoms with Crippen molar-refractivity contribution in [1.82, 2.24) is 0 Å². The van der Waals surface area contributed by atoms with Crippen molar-refractivity contribution in [3.8, 4) is 11.5 Å². The first-order chi connectivity index (χ1) is 11.2. The van der Waals surface area contributed by atoms with E-state index in [1.54, 1.807) is 35.3 Å². The van der Waals surface area contributed by atoms with Crippen LogP contribution in [0.2, 0.25) is 0 Å². The summed E-state index contributed by atoms with van der Waals surface area (Å²) in [6.07, 6.45) is 4.15. The summed E-state index contributed by atoms with van der Waals surface area (Å²) in [5, 5.41) is 0. The topological polar surface area (TPSA) is 18.5 Å². The van der Waals surface area contributed by atoms with Crippen LogP contribution in [-0.2, 0) is 0 Å². The van der Waals surface area contributed by atoms with Gasteiger partial charge in [-0.25, -0.2) is 0 Å². The molecule has 23 heavy (non-hydrogen) atoms. The van der Waals surface area contributed by atoms with Crippen LogP contribution < -0.4 is 9.47 Å². The third kappa shape index (κ3) is 5.03. The maximum absolute atomic E-state index is 5.82. The summed E-state index contributed by atoms with van der Waals surface area (Å²) >= 11 is 5.14. The molecular formula is C18H22O2S3. The SMILES string of the molecule is CCOc1cc(SC)ccc1Sc1ccc(SC)cc1OCC. The fraction of sp³-hybridized carbons (Fsp3) is 0.333. The van der Waals surface area contributed by atoms with E-state index in [2.05, 4.69) is 48.9 Å².